The molecule has 0 fully saturated rings. The van der Waals surface area contributed by atoms with Crippen molar-refractivity contribution < 1.29 is 17.6 Å². The maximum atomic E-state index is 13.7. The Bertz CT molecular complexity index is 1270. The molecule has 32 heavy (non-hydrogen) atoms. The van der Waals surface area contributed by atoms with E-state index in [1.54, 1.807) is 37.3 Å². The lowest BCUT2D eigenvalue weighted by Crippen LogP contribution is -2.26. The summed E-state index contributed by atoms with van der Waals surface area (Å²) in [6, 6.07) is 10.6. The number of hydrogen-bond donors (Lipinski definition) is 1. The summed E-state index contributed by atoms with van der Waals surface area (Å²) >= 11 is 0. The first kappa shape index (κ1) is 21.9. The largest absolute Gasteiger partial charge is 0.452 e. The van der Waals surface area contributed by atoms with E-state index >= 15 is 0 Å². The normalized spacial score (nSPS) is 13.5. The minimum atomic E-state index is -4.51. The van der Waals surface area contributed by atoms with Crippen molar-refractivity contribution in [1.82, 2.24) is 19.7 Å². The van der Waals surface area contributed by atoms with Crippen LogP contribution in [0.4, 0.5) is 19.0 Å². The SMILES string of the molecule is Cc1c(-c2nc(-c3cccc(NC(C)(C)C)n3)nn2C(C)C(F)(F)F)oc2ccccc12. The molecule has 9 heteroatoms. The van der Waals surface area contributed by atoms with Crippen molar-refractivity contribution in [3.63, 3.8) is 0 Å². The number of nitrogens with one attached hydrogen (secondary N) is 1. The molecular formula is C23H24F3N5O. The van der Waals surface area contributed by atoms with Gasteiger partial charge in [0.25, 0.3) is 0 Å². The number of nitrogens with zero attached hydrogens (tertiary/aromatic N) is 4. The second kappa shape index (κ2) is 7.65. The van der Waals surface area contributed by atoms with Gasteiger partial charge in [0.2, 0.25) is 5.82 Å². The molecule has 168 valence electrons. The van der Waals surface area contributed by atoms with Crippen LogP contribution in [0.25, 0.3) is 34.1 Å². The van der Waals surface area contributed by atoms with Gasteiger partial charge in [0.15, 0.2) is 11.6 Å². The zero-order valence-corrected chi connectivity index (χ0v) is 18.4. The van der Waals surface area contributed by atoms with Gasteiger partial charge >= 0.3 is 6.18 Å². The molecule has 1 aromatic carbocycles. The molecule has 0 saturated carbocycles. The van der Waals surface area contributed by atoms with Gasteiger partial charge in [-0.1, -0.05) is 24.3 Å². The topological polar surface area (TPSA) is 68.8 Å². The highest BCUT2D eigenvalue weighted by molar-refractivity contribution is 5.86. The lowest BCUT2D eigenvalue weighted by atomic mass is 10.1. The van der Waals surface area contributed by atoms with Gasteiger partial charge in [0, 0.05) is 16.5 Å². The number of halogens is 3. The third kappa shape index (κ3) is 4.19. The van der Waals surface area contributed by atoms with Crippen LogP contribution in [0.3, 0.4) is 0 Å². The molecule has 1 unspecified atom stereocenters. The maximum absolute atomic E-state index is 13.7. The van der Waals surface area contributed by atoms with Crippen LogP contribution in [0.1, 0.15) is 39.3 Å². The Kier molecular flexibility index (Phi) is 5.22. The third-order valence-electron chi connectivity index (χ3n) is 5.00. The molecule has 4 rings (SSSR count). The standard InChI is InChI=1S/C23H24F3N5O/c1-13-15-9-6-7-11-17(15)32-19(13)21-28-20(30-31(21)14(2)23(24,25)26)16-10-8-12-18(27-16)29-22(3,4)5/h6-12,14H,1-5H3,(H,27,29). The van der Waals surface area contributed by atoms with Crippen LogP contribution in [0.15, 0.2) is 46.9 Å². The fourth-order valence-corrected chi connectivity index (χ4v) is 3.40. The van der Waals surface area contributed by atoms with Crippen molar-refractivity contribution in [2.24, 2.45) is 0 Å². The molecule has 4 aromatic rings. The van der Waals surface area contributed by atoms with Crippen LogP contribution in [0, 0.1) is 6.92 Å². The summed E-state index contributed by atoms with van der Waals surface area (Å²) < 4.78 is 47.7. The second-order valence-electron chi connectivity index (χ2n) is 8.76. The lowest BCUT2D eigenvalue weighted by Gasteiger charge is -2.21. The average Bonchev–Trinajstić information content (AvgIpc) is 3.27. The zero-order valence-electron chi connectivity index (χ0n) is 18.4. The number of aryl methyl sites for hydroxylation is 1. The molecule has 0 spiro atoms. The van der Waals surface area contributed by atoms with Crippen LogP contribution >= 0.6 is 0 Å². The Morgan fingerprint density at radius 1 is 1.00 bits per heavy atom. The quantitative estimate of drug-likeness (QED) is 0.395. The van der Waals surface area contributed by atoms with Crippen molar-refractivity contribution in [2.75, 3.05) is 5.32 Å². The highest BCUT2D eigenvalue weighted by atomic mass is 19.4. The first-order valence-corrected chi connectivity index (χ1v) is 10.2. The van der Waals surface area contributed by atoms with E-state index in [9.17, 15) is 13.2 Å². The van der Waals surface area contributed by atoms with Gasteiger partial charge in [-0.3, -0.25) is 0 Å². The van der Waals surface area contributed by atoms with E-state index in [-0.39, 0.29) is 22.9 Å². The van der Waals surface area contributed by atoms with Gasteiger partial charge in [0.05, 0.1) is 0 Å². The zero-order chi connectivity index (χ0) is 23.3. The van der Waals surface area contributed by atoms with E-state index in [0.717, 1.165) is 17.0 Å². The number of rotatable bonds is 4. The monoisotopic (exact) mass is 443 g/mol. The van der Waals surface area contributed by atoms with Crippen LogP contribution in [0.5, 0.6) is 0 Å². The summed E-state index contributed by atoms with van der Waals surface area (Å²) in [6.45, 7) is 8.81. The van der Waals surface area contributed by atoms with E-state index in [2.05, 4.69) is 20.4 Å². The molecule has 6 nitrogen and oxygen atoms in total. The number of aromatic nitrogens is 4. The van der Waals surface area contributed by atoms with E-state index in [1.165, 1.54) is 0 Å². The van der Waals surface area contributed by atoms with Crippen LogP contribution in [-0.2, 0) is 0 Å². The second-order valence-corrected chi connectivity index (χ2v) is 8.76. The molecule has 0 aliphatic carbocycles. The van der Waals surface area contributed by atoms with Crippen LogP contribution in [0.2, 0.25) is 0 Å². The van der Waals surface area contributed by atoms with Crippen molar-refractivity contribution in [3.05, 3.63) is 48.0 Å². The van der Waals surface area contributed by atoms with Crippen LogP contribution in [-0.4, -0.2) is 31.5 Å². The molecule has 3 aromatic heterocycles. The number of anilines is 1. The van der Waals surface area contributed by atoms with E-state index in [4.69, 9.17) is 4.42 Å². The van der Waals surface area contributed by atoms with E-state index in [0.29, 0.717) is 22.7 Å². The van der Waals surface area contributed by atoms with Gasteiger partial charge in [-0.2, -0.15) is 13.2 Å². The van der Waals surface area contributed by atoms with Crippen molar-refractivity contribution >= 4 is 16.8 Å². The summed E-state index contributed by atoms with van der Waals surface area (Å²) in [5, 5.41) is 8.27. The first-order valence-electron chi connectivity index (χ1n) is 10.2. The fourth-order valence-electron chi connectivity index (χ4n) is 3.40. The van der Waals surface area contributed by atoms with Crippen molar-refractivity contribution in [1.29, 1.82) is 0 Å². The first-order chi connectivity index (χ1) is 14.9. The van der Waals surface area contributed by atoms with Crippen LogP contribution < -0.4 is 5.32 Å². The Hall–Kier alpha value is -3.36. The van der Waals surface area contributed by atoms with Gasteiger partial charge in [-0.05, 0) is 52.8 Å². The number of alkyl halides is 3. The highest BCUT2D eigenvalue weighted by Crippen LogP contribution is 2.37. The lowest BCUT2D eigenvalue weighted by molar-refractivity contribution is -0.165. The molecule has 1 atom stereocenters. The van der Waals surface area contributed by atoms with E-state index in [1.807, 2.05) is 32.9 Å². The Morgan fingerprint density at radius 2 is 1.72 bits per heavy atom. The molecule has 0 amide bonds. The smallest absolute Gasteiger partial charge is 0.410 e. The minimum Gasteiger partial charge on any atom is -0.452 e. The number of benzene rings is 1. The van der Waals surface area contributed by atoms with Crippen molar-refractivity contribution in [2.45, 2.75) is 52.4 Å². The Labute approximate surface area is 183 Å². The molecule has 0 radical (unpaired) electrons. The molecular weight excluding hydrogens is 419 g/mol. The molecule has 0 bridgehead atoms. The number of pyridine rings is 1. The van der Waals surface area contributed by atoms with Gasteiger partial charge in [0.1, 0.15) is 23.1 Å². The molecule has 1 N–H and O–H groups in total. The van der Waals surface area contributed by atoms with Gasteiger partial charge < -0.3 is 9.73 Å². The average molecular weight is 443 g/mol. The summed E-state index contributed by atoms with van der Waals surface area (Å²) in [4.78, 5) is 8.95. The summed E-state index contributed by atoms with van der Waals surface area (Å²) in [5.41, 5.74) is 1.40. The molecule has 3 heterocycles. The van der Waals surface area contributed by atoms with Gasteiger partial charge in [-0.25, -0.2) is 14.6 Å². The molecule has 0 aliphatic heterocycles. The predicted octanol–water partition coefficient (Wildman–Crippen LogP) is 6.40. The summed E-state index contributed by atoms with van der Waals surface area (Å²) in [6.07, 6.45) is -4.51. The summed E-state index contributed by atoms with van der Waals surface area (Å²) in [7, 11) is 0. The Morgan fingerprint density at radius 3 is 2.38 bits per heavy atom. The summed E-state index contributed by atoms with van der Waals surface area (Å²) in [5.74, 6) is 0.935. The predicted molar refractivity (Wildman–Crippen MR) is 117 cm³/mol. The number of furan rings is 1. The fraction of sp³-hybridized carbons (Fsp3) is 0.348. The molecule has 0 aliphatic rings. The van der Waals surface area contributed by atoms with E-state index < -0.39 is 12.2 Å². The number of fused-ring (bicyclic) bond motifs is 1. The third-order valence-corrected chi connectivity index (χ3v) is 5.00. The Balaban J connectivity index is 1.87. The van der Waals surface area contributed by atoms with Crippen molar-refractivity contribution in [3.8, 4) is 23.1 Å². The molecule has 0 saturated heterocycles. The number of hydrogen-bond acceptors (Lipinski definition) is 5. The minimum absolute atomic E-state index is 0.00880. The number of para-hydroxylation sites is 1. The maximum Gasteiger partial charge on any atom is 0.410 e. The highest BCUT2D eigenvalue weighted by Gasteiger charge is 2.40. The van der Waals surface area contributed by atoms with Gasteiger partial charge in [-0.15, -0.1) is 5.10 Å².